The molecule has 1 aromatic carbocycles. The maximum Gasteiger partial charge on any atom is 0.329 e. The monoisotopic (exact) mass is 469 g/mol. The van der Waals surface area contributed by atoms with Crippen LogP contribution in [0.2, 0.25) is 10.0 Å². The van der Waals surface area contributed by atoms with Gasteiger partial charge >= 0.3 is 5.69 Å². The maximum absolute atomic E-state index is 12.5. The zero-order chi connectivity index (χ0) is 22.7. The van der Waals surface area contributed by atoms with Crippen molar-refractivity contribution in [2.24, 2.45) is 13.0 Å². The van der Waals surface area contributed by atoms with Crippen LogP contribution >= 0.6 is 23.2 Å². The number of aromatic nitrogens is 4. The van der Waals surface area contributed by atoms with Crippen LogP contribution in [0.3, 0.4) is 0 Å². The third kappa shape index (κ3) is 5.41. The lowest BCUT2D eigenvalue weighted by Crippen LogP contribution is -2.31. The molecule has 0 radical (unpaired) electrons. The highest BCUT2D eigenvalue weighted by molar-refractivity contribution is 6.35. The third-order valence-electron chi connectivity index (χ3n) is 4.73. The molecular weight excluding hydrogens is 445 g/mol. The zero-order valence-electron chi connectivity index (χ0n) is 17.5. The summed E-state index contributed by atoms with van der Waals surface area (Å²) in [6.45, 7) is 4.77. The first-order chi connectivity index (χ1) is 14.7. The lowest BCUT2D eigenvalue weighted by atomic mass is 10.1. The highest BCUT2D eigenvalue weighted by atomic mass is 35.5. The molecule has 3 rings (SSSR count). The van der Waals surface area contributed by atoms with Crippen LogP contribution in [0.15, 0.2) is 27.8 Å². The van der Waals surface area contributed by atoms with Crippen LogP contribution < -0.4 is 21.3 Å². The van der Waals surface area contributed by atoms with E-state index in [-0.39, 0.29) is 24.3 Å². The molecule has 0 bridgehead atoms. The quantitative estimate of drug-likeness (QED) is 0.443. The average molecular weight is 470 g/mol. The predicted molar refractivity (Wildman–Crippen MR) is 122 cm³/mol. The van der Waals surface area contributed by atoms with Gasteiger partial charge in [-0.05, 0) is 30.5 Å². The van der Waals surface area contributed by atoms with Gasteiger partial charge in [0.25, 0.3) is 5.56 Å². The first-order valence-corrected chi connectivity index (χ1v) is 10.6. The van der Waals surface area contributed by atoms with Crippen molar-refractivity contribution in [3.8, 4) is 5.75 Å². The summed E-state index contributed by atoms with van der Waals surface area (Å²) in [5.41, 5.74) is -0.708. The Bertz CT molecular complexity index is 1180. The van der Waals surface area contributed by atoms with Crippen LogP contribution in [0.1, 0.15) is 20.3 Å². The summed E-state index contributed by atoms with van der Waals surface area (Å²) in [5.74, 6) is 1.25. The van der Waals surface area contributed by atoms with Crippen LogP contribution in [-0.2, 0) is 13.6 Å². The van der Waals surface area contributed by atoms with Crippen LogP contribution in [-0.4, -0.2) is 43.5 Å². The van der Waals surface area contributed by atoms with Gasteiger partial charge in [0.15, 0.2) is 11.2 Å². The van der Waals surface area contributed by atoms with Gasteiger partial charge in [-0.15, -0.1) is 0 Å². The van der Waals surface area contributed by atoms with Crippen molar-refractivity contribution < 1.29 is 9.84 Å². The van der Waals surface area contributed by atoms with Gasteiger partial charge in [-0.25, -0.2) is 4.79 Å². The molecule has 2 heterocycles. The topological polar surface area (TPSA) is 114 Å². The average Bonchev–Trinajstić information content (AvgIpc) is 3.04. The van der Waals surface area contributed by atoms with Crippen LogP contribution in [0, 0.1) is 5.92 Å². The number of nitrogens with zero attached hydrogens (tertiary/aromatic N) is 3. The van der Waals surface area contributed by atoms with E-state index < -0.39 is 17.4 Å². The van der Waals surface area contributed by atoms with E-state index in [4.69, 9.17) is 27.9 Å². The standard InChI is InChI=1S/C20H25Cl2N5O4/c1-11(2)6-7-23-19-24-17-16(18(29)25-20(30)26(17)3)27(19)9-13(28)10-31-15-5-4-12(21)8-14(15)22/h4-5,8,11,13,28H,6-7,9-10H2,1-3H3,(H,23,24)(H,25,29,30). The summed E-state index contributed by atoms with van der Waals surface area (Å²) in [6, 6.07) is 4.80. The van der Waals surface area contributed by atoms with Gasteiger partial charge in [0.2, 0.25) is 5.95 Å². The van der Waals surface area contributed by atoms with E-state index in [1.807, 2.05) is 0 Å². The Morgan fingerprint density at radius 1 is 1.29 bits per heavy atom. The largest absolute Gasteiger partial charge is 0.489 e. The van der Waals surface area contributed by atoms with Gasteiger partial charge in [0, 0.05) is 18.6 Å². The minimum atomic E-state index is -0.980. The molecule has 0 saturated heterocycles. The van der Waals surface area contributed by atoms with Gasteiger partial charge in [-0.3, -0.25) is 14.3 Å². The van der Waals surface area contributed by atoms with E-state index >= 15 is 0 Å². The lowest BCUT2D eigenvalue weighted by molar-refractivity contribution is 0.0939. The third-order valence-corrected chi connectivity index (χ3v) is 5.26. The first kappa shape index (κ1) is 23.2. The molecule has 0 aliphatic carbocycles. The molecule has 9 nitrogen and oxygen atoms in total. The SMILES string of the molecule is CC(C)CCNc1nc2c(c(=O)[nH]c(=O)n2C)n1CC(O)COc1ccc(Cl)cc1Cl. The number of ether oxygens (including phenoxy) is 1. The van der Waals surface area contributed by atoms with Crippen LogP contribution in [0.25, 0.3) is 11.2 Å². The molecule has 2 aromatic heterocycles. The van der Waals surface area contributed by atoms with Crippen molar-refractivity contribution >= 4 is 40.3 Å². The molecule has 0 amide bonds. The summed E-state index contributed by atoms with van der Waals surface area (Å²) in [5, 5.41) is 14.6. The highest BCUT2D eigenvalue weighted by Gasteiger charge is 2.20. The molecule has 0 spiro atoms. The number of imidazole rings is 1. The number of aliphatic hydroxyl groups is 1. The van der Waals surface area contributed by atoms with Gasteiger partial charge in [0.1, 0.15) is 18.5 Å². The second-order valence-electron chi connectivity index (χ2n) is 7.69. The molecule has 31 heavy (non-hydrogen) atoms. The van der Waals surface area contributed by atoms with Crippen LogP contribution in [0.5, 0.6) is 5.75 Å². The highest BCUT2D eigenvalue weighted by Crippen LogP contribution is 2.27. The minimum absolute atomic E-state index is 0.0208. The number of fused-ring (bicyclic) bond motifs is 1. The number of hydrogen-bond donors (Lipinski definition) is 3. The Kier molecular flexibility index (Phi) is 7.30. The Hall–Kier alpha value is -2.49. The van der Waals surface area contributed by atoms with E-state index in [9.17, 15) is 14.7 Å². The van der Waals surface area contributed by atoms with Gasteiger partial charge in [-0.1, -0.05) is 37.0 Å². The molecule has 0 aliphatic rings. The number of H-pyrrole nitrogens is 1. The van der Waals surface area contributed by atoms with Gasteiger partial charge in [-0.2, -0.15) is 4.98 Å². The molecule has 0 fully saturated rings. The Labute approximate surface area is 188 Å². The molecule has 1 atom stereocenters. The number of anilines is 1. The van der Waals surface area contributed by atoms with Crippen molar-refractivity contribution in [1.82, 2.24) is 19.1 Å². The molecule has 3 aromatic rings. The Balaban J connectivity index is 1.86. The van der Waals surface area contributed by atoms with Gasteiger partial charge in [0.05, 0.1) is 11.6 Å². The first-order valence-electron chi connectivity index (χ1n) is 9.86. The number of benzene rings is 1. The fourth-order valence-corrected chi connectivity index (χ4v) is 3.52. The van der Waals surface area contributed by atoms with E-state index in [0.717, 1.165) is 6.42 Å². The number of aliphatic hydroxyl groups excluding tert-OH is 1. The van der Waals surface area contributed by atoms with Crippen molar-refractivity contribution in [2.45, 2.75) is 32.9 Å². The van der Waals surface area contributed by atoms with Crippen LogP contribution in [0.4, 0.5) is 5.95 Å². The smallest absolute Gasteiger partial charge is 0.329 e. The lowest BCUT2D eigenvalue weighted by Gasteiger charge is -2.16. The number of halogens is 2. The number of aryl methyl sites for hydroxylation is 1. The Morgan fingerprint density at radius 2 is 2.03 bits per heavy atom. The van der Waals surface area contributed by atoms with E-state index in [2.05, 4.69) is 29.1 Å². The molecule has 3 N–H and O–H groups in total. The summed E-state index contributed by atoms with van der Waals surface area (Å²) < 4.78 is 8.43. The maximum atomic E-state index is 12.5. The van der Waals surface area contributed by atoms with Crippen molar-refractivity contribution in [1.29, 1.82) is 0 Å². The predicted octanol–water partition coefficient (Wildman–Crippen LogP) is 2.63. The fraction of sp³-hybridized carbons (Fsp3) is 0.450. The molecule has 1 unspecified atom stereocenters. The summed E-state index contributed by atoms with van der Waals surface area (Å²) in [7, 11) is 1.53. The van der Waals surface area contributed by atoms with E-state index in [0.29, 0.717) is 34.2 Å². The van der Waals surface area contributed by atoms with E-state index in [1.165, 1.54) is 11.6 Å². The van der Waals surface area contributed by atoms with Crippen molar-refractivity contribution in [3.63, 3.8) is 0 Å². The number of nitrogens with one attached hydrogen (secondary N) is 2. The number of aromatic amines is 1. The number of hydrogen-bond acceptors (Lipinski definition) is 6. The minimum Gasteiger partial charge on any atom is -0.489 e. The summed E-state index contributed by atoms with van der Waals surface area (Å²) >= 11 is 12.0. The molecule has 11 heteroatoms. The van der Waals surface area contributed by atoms with Gasteiger partial charge < -0.3 is 19.7 Å². The Morgan fingerprint density at radius 3 is 2.71 bits per heavy atom. The van der Waals surface area contributed by atoms with E-state index in [1.54, 1.807) is 22.8 Å². The molecule has 0 saturated carbocycles. The second kappa shape index (κ2) is 9.76. The number of rotatable bonds is 9. The molecule has 168 valence electrons. The molecule has 0 aliphatic heterocycles. The zero-order valence-corrected chi connectivity index (χ0v) is 19.0. The summed E-state index contributed by atoms with van der Waals surface area (Å²) in [4.78, 5) is 31.2. The second-order valence-corrected chi connectivity index (χ2v) is 8.53. The van der Waals surface area contributed by atoms with Crippen molar-refractivity contribution in [3.05, 3.63) is 49.1 Å². The normalized spacial score (nSPS) is 12.5. The summed E-state index contributed by atoms with van der Waals surface area (Å²) in [6.07, 6.45) is -0.0920. The van der Waals surface area contributed by atoms with Crippen molar-refractivity contribution in [2.75, 3.05) is 18.5 Å². The fourth-order valence-electron chi connectivity index (χ4n) is 3.06. The molecular formula is C20H25Cl2N5O4.